The summed E-state index contributed by atoms with van der Waals surface area (Å²) in [6.45, 7) is 2.94. The van der Waals surface area contributed by atoms with Gasteiger partial charge in [0.05, 0.1) is 18.1 Å². The van der Waals surface area contributed by atoms with Crippen LogP contribution >= 0.6 is 0 Å². The lowest BCUT2D eigenvalue weighted by atomic mass is 10.1. The van der Waals surface area contributed by atoms with Gasteiger partial charge < -0.3 is 15.4 Å². The van der Waals surface area contributed by atoms with Gasteiger partial charge in [0, 0.05) is 25.7 Å². The number of nitrogens with two attached hydrogens (primary N) is 1. The molecule has 0 amide bonds. The van der Waals surface area contributed by atoms with Crippen molar-refractivity contribution in [1.82, 2.24) is 0 Å². The van der Waals surface area contributed by atoms with Crippen molar-refractivity contribution in [3.63, 3.8) is 0 Å². The number of rotatable bonds is 3. The highest BCUT2D eigenvalue weighted by molar-refractivity contribution is 5.64. The fraction of sp³-hybridized carbons (Fsp3) is 0.455. The van der Waals surface area contributed by atoms with Gasteiger partial charge in [0.15, 0.2) is 0 Å². The summed E-state index contributed by atoms with van der Waals surface area (Å²) in [7, 11) is 0. The molecule has 0 atom stereocenters. The normalized spacial score (nSPS) is 15.9. The van der Waals surface area contributed by atoms with Gasteiger partial charge in [0.25, 0.3) is 5.69 Å². The first-order valence-electron chi connectivity index (χ1n) is 5.52. The molecule has 92 valence electrons. The summed E-state index contributed by atoms with van der Waals surface area (Å²) in [5.74, 6) is 0. The van der Waals surface area contributed by atoms with E-state index in [0.717, 1.165) is 5.56 Å². The molecule has 0 unspecified atom stereocenters. The first kappa shape index (κ1) is 11.8. The number of hydrogen-bond acceptors (Lipinski definition) is 5. The van der Waals surface area contributed by atoms with E-state index in [2.05, 4.69) is 0 Å². The Morgan fingerprint density at radius 2 is 2.12 bits per heavy atom. The second-order valence-electron chi connectivity index (χ2n) is 3.88. The van der Waals surface area contributed by atoms with Gasteiger partial charge in [-0.2, -0.15) is 0 Å². The maximum absolute atomic E-state index is 11.0. The van der Waals surface area contributed by atoms with Crippen LogP contribution in [0.5, 0.6) is 0 Å². The lowest BCUT2D eigenvalue weighted by Gasteiger charge is -2.28. The molecular weight excluding hydrogens is 222 g/mol. The van der Waals surface area contributed by atoms with Gasteiger partial charge in [-0.05, 0) is 11.6 Å². The molecule has 1 aliphatic heterocycles. The number of hydrogen-bond donors (Lipinski definition) is 1. The molecule has 6 nitrogen and oxygen atoms in total. The summed E-state index contributed by atoms with van der Waals surface area (Å²) < 4.78 is 5.24. The third-order valence-corrected chi connectivity index (χ3v) is 2.82. The van der Waals surface area contributed by atoms with Crippen LogP contribution in [0.4, 0.5) is 11.4 Å². The van der Waals surface area contributed by atoms with E-state index < -0.39 is 0 Å². The van der Waals surface area contributed by atoms with Crippen LogP contribution < -0.4 is 10.6 Å². The largest absolute Gasteiger partial charge is 0.378 e. The third kappa shape index (κ3) is 2.54. The maximum Gasteiger partial charge on any atom is 0.292 e. The van der Waals surface area contributed by atoms with E-state index in [1.165, 1.54) is 6.07 Å². The molecule has 0 bridgehead atoms. The van der Waals surface area contributed by atoms with Crippen molar-refractivity contribution in [2.24, 2.45) is 5.73 Å². The van der Waals surface area contributed by atoms with Crippen molar-refractivity contribution in [3.05, 3.63) is 33.9 Å². The Labute approximate surface area is 99.1 Å². The van der Waals surface area contributed by atoms with Gasteiger partial charge in [0.1, 0.15) is 5.69 Å². The smallest absolute Gasteiger partial charge is 0.292 e. The van der Waals surface area contributed by atoms with E-state index in [9.17, 15) is 10.1 Å². The summed E-state index contributed by atoms with van der Waals surface area (Å²) in [6.07, 6.45) is 0. The SMILES string of the molecule is NCc1ccc([N+](=O)[O-])c(N2CCOCC2)c1. The van der Waals surface area contributed by atoms with Gasteiger partial charge in [-0.3, -0.25) is 10.1 Å². The Morgan fingerprint density at radius 3 is 2.71 bits per heavy atom. The Kier molecular flexibility index (Phi) is 3.55. The van der Waals surface area contributed by atoms with Crippen LogP contribution in [-0.2, 0) is 11.3 Å². The number of benzene rings is 1. The summed E-state index contributed by atoms with van der Waals surface area (Å²) in [5, 5.41) is 11.0. The average molecular weight is 237 g/mol. The van der Waals surface area contributed by atoms with E-state index >= 15 is 0 Å². The van der Waals surface area contributed by atoms with E-state index in [-0.39, 0.29) is 10.6 Å². The lowest BCUT2D eigenvalue weighted by molar-refractivity contribution is -0.384. The van der Waals surface area contributed by atoms with Crippen LogP contribution in [0.1, 0.15) is 5.56 Å². The molecule has 0 aromatic heterocycles. The summed E-state index contributed by atoms with van der Waals surface area (Å²) in [4.78, 5) is 12.6. The zero-order valence-electron chi connectivity index (χ0n) is 9.46. The molecule has 6 heteroatoms. The number of nitrogens with zero attached hydrogens (tertiary/aromatic N) is 2. The number of morpholine rings is 1. The summed E-state index contributed by atoms with van der Waals surface area (Å²) >= 11 is 0. The van der Waals surface area contributed by atoms with E-state index in [1.54, 1.807) is 12.1 Å². The van der Waals surface area contributed by atoms with Crippen molar-refractivity contribution < 1.29 is 9.66 Å². The Balaban J connectivity index is 2.36. The van der Waals surface area contributed by atoms with Crippen LogP contribution in [-0.4, -0.2) is 31.2 Å². The van der Waals surface area contributed by atoms with Crippen molar-refractivity contribution in [1.29, 1.82) is 0 Å². The highest BCUT2D eigenvalue weighted by atomic mass is 16.6. The third-order valence-electron chi connectivity index (χ3n) is 2.82. The van der Waals surface area contributed by atoms with E-state index in [4.69, 9.17) is 10.5 Å². The number of nitro benzene ring substituents is 1. The Bertz CT molecular complexity index is 416. The van der Waals surface area contributed by atoms with Crippen molar-refractivity contribution in [3.8, 4) is 0 Å². The monoisotopic (exact) mass is 237 g/mol. The molecular formula is C11H15N3O3. The first-order chi connectivity index (χ1) is 8.22. The predicted octanol–water partition coefficient (Wildman–Crippen LogP) is 0.890. The molecule has 1 heterocycles. The minimum Gasteiger partial charge on any atom is -0.378 e. The van der Waals surface area contributed by atoms with Crippen molar-refractivity contribution in [2.45, 2.75) is 6.54 Å². The average Bonchev–Trinajstić information content (AvgIpc) is 2.39. The minimum absolute atomic E-state index is 0.129. The minimum atomic E-state index is -0.356. The fourth-order valence-electron chi connectivity index (χ4n) is 1.91. The van der Waals surface area contributed by atoms with Crippen LogP contribution in [0, 0.1) is 10.1 Å². The first-order valence-corrected chi connectivity index (χ1v) is 5.52. The van der Waals surface area contributed by atoms with Gasteiger partial charge in [0.2, 0.25) is 0 Å². The lowest BCUT2D eigenvalue weighted by Crippen LogP contribution is -2.36. The van der Waals surface area contributed by atoms with Crippen molar-refractivity contribution >= 4 is 11.4 Å². The highest BCUT2D eigenvalue weighted by Gasteiger charge is 2.21. The maximum atomic E-state index is 11.0. The highest BCUT2D eigenvalue weighted by Crippen LogP contribution is 2.29. The van der Waals surface area contributed by atoms with Crippen molar-refractivity contribution in [2.75, 3.05) is 31.2 Å². The van der Waals surface area contributed by atoms with Gasteiger partial charge >= 0.3 is 0 Å². The molecule has 0 aliphatic carbocycles. The van der Waals surface area contributed by atoms with Gasteiger partial charge in [-0.1, -0.05) is 6.07 Å². The molecule has 1 saturated heterocycles. The number of anilines is 1. The standard InChI is InChI=1S/C11H15N3O3/c12-8-9-1-2-10(14(15)16)11(7-9)13-3-5-17-6-4-13/h1-2,7H,3-6,8,12H2. The number of ether oxygens (including phenoxy) is 1. The molecule has 0 spiro atoms. The molecule has 2 rings (SSSR count). The Hall–Kier alpha value is -1.66. The van der Waals surface area contributed by atoms with Gasteiger partial charge in [-0.25, -0.2) is 0 Å². The topological polar surface area (TPSA) is 81.6 Å². The van der Waals surface area contributed by atoms with Gasteiger partial charge in [-0.15, -0.1) is 0 Å². The van der Waals surface area contributed by atoms with Crippen LogP contribution in [0.2, 0.25) is 0 Å². The van der Waals surface area contributed by atoms with Crippen LogP contribution in [0.25, 0.3) is 0 Å². The molecule has 1 aliphatic rings. The predicted molar refractivity (Wildman–Crippen MR) is 64.0 cm³/mol. The molecule has 2 N–H and O–H groups in total. The Morgan fingerprint density at radius 1 is 1.41 bits per heavy atom. The van der Waals surface area contributed by atoms with Crippen LogP contribution in [0.3, 0.4) is 0 Å². The molecule has 0 saturated carbocycles. The second kappa shape index (κ2) is 5.11. The number of nitro groups is 1. The zero-order valence-corrected chi connectivity index (χ0v) is 9.46. The summed E-state index contributed by atoms with van der Waals surface area (Å²) in [6, 6.07) is 5.01. The second-order valence-corrected chi connectivity index (χ2v) is 3.88. The molecule has 1 fully saturated rings. The van der Waals surface area contributed by atoms with E-state index in [1.807, 2.05) is 4.90 Å². The molecule has 17 heavy (non-hydrogen) atoms. The summed E-state index contributed by atoms with van der Waals surface area (Å²) in [5.41, 5.74) is 7.23. The zero-order chi connectivity index (χ0) is 12.3. The van der Waals surface area contributed by atoms with Crippen LogP contribution in [0.15, 0.2) is 18.2 Å². The molecule has 0 radical (unpaired) electrons. The quantitative estimate of drug-likeness (QED) is 0.623. The molecule has 1 aromatic rings. The fourth-order valence-corrected chi connectivity index (χ4v) is 1.91. The van der Waals surface area contributed by atoms with E-state index in [0.29, 0.717) is 38.5 Å². The molecule has 1 aromatic carbocycles.